The van der Waals surface area contributed by atoms with Gasteiger partial charge < -0.3 is 10.2 Å². The summed E-state index contributed by atoms with van der Waals surface area (Å²) in [6.45, 7) is 10.00. The second-order valence-electron chi connectivity index (χ2n) is 6.07. The fourth-order valence-corrected chi connectivity index (χ4v) is 3.23. The van der Waals surface area contributed by atoms with E-state index in [1.807, 2.05) is 0 Å². The predicted octanol–water partition coefficient (Wildman–Crippen LogP) is 0.884. The van der Waals surface area contributed by atoms with E-state index < -0.39 is 9.84 Å². The monoisotopic (exact) mass is 262 g/mol. The summed E-state index contributed by atoms with van der Waals surface area (Å²) in [5.41, 5.74) is 0.131. The number of piperidine rings is 1. The zero-order valence-corrected chi connectivity index (χ0v) is 12.3. The third kappa shape index (κ3) is 5.84. The Bertz CT molecular complexity index is 333. The van der Waals surface area contributed by atoms with Crippen LogP contribution in [0.15, 0.2) is 0 Å². The summed E-state index contributed by atoms with van der Waals surface area (Å²) < 4.78 is 23.0. The van der Waals surface area contributed by atoms with Crippen LogP contribution in [0.4, 0.5) is 0 Å². The molecule has 0 radical (unpaired) electrons. The van der Waals surface area contributed by atoms with Gasteiger partial charge in [-0.1, -0.05) is 0 Å². The Hall–Kier alpha value is -0.130. The van der Waals surface area contributed by atoms with Gasteiger partial charge in [0.15, 0.2) is 9.84 Å². The summed E-state index contributed by atoms with van der Waals surface area (Å²) >= 11 is 0. The van der Waals surface area contributed by atoms with Crippen molar-refractivity contribution < 1.29 is 8.42 Å². The number of nitrogens with zero attached hydrogens (tertiary/aromatic N) is 1. The van der Waals surface area contributed by atoms with E-state index in [1.54, 1.807) is 0 Å². The molecule has 1 N–H and O–H groups in total. The normalized spacial score (nSPS) is 23.9. The van der Waals surface area contributed by atoms with Crippen LogP contribution in [0.1, 0.15) is 33.6 Å². The lowest BCUT2D eigenvalue weighted by molar-refractivity contribution is 0.223. The van der Waals surface area contributed by atoms with Crippen molar-refractivity contribution in [3.05, 3.63) is 0 Å². The first-order valence-electron chi connectivity index (χ1n) is 6.35. The highest BCUT2D eigenvalue weighted by molar-refractivity contribution is 7.91. The predicted molar refractivity (Wildman–Crippen MR) is 72.1 cm³/mol. The van der Waals surface area contributed by atoms with Crippen LogP contribution < -0.4 is 5.32 Å². The lowest BCUT2D eigenvalue weighted by Gasteiger charge is -2.32. The van der Waals surface area contributed by atoms with Gasteiger partial charge in [0, 0.05) is 31.4 Å². The standard InChI is InChI=1S/C12H26N2O2S/c1-12(2,3)13-7-9-14-8-5-6-11(10-14)17(4,15)16/h11,13H,5-10H2,1-4H3. The highest BCUT2D eigenvalue weighted by Gasteiger charge is 2.27. The SMILES string of the molecule is CC(C)(C)NCCN1CCCC(S(C)(=O)=O)C1. The average Bonchev–Trinajstić information content (AvgIpc) is 2.15. The summed E-state index contributed by atoms with van der Waals surface area (Å²) in [6.07, 6.45) is 3.17. The summed E-state index contributed by atoms with van der Waals surface area (Å²) in [6, 6.07) is 0. The molecule has 0 aromatic rings. The van der Waals surface area contributed by atoms with Gasteiger partial charge in [-0.05, 0) is 40.2 Å². The topological polar surface area (TPSA) is 49.4 Å². The van der Waals surface area contributed by atoms with E-state index in [4.69, 9.17) is 0 Å². The fourth-order valence-electron chi connectivity index (χ4n) is 2.15. The molecule has 0 bridgehead atoms. The Morgan fingerprint density at radius 2 is 2.00 bits per heavy atom. The lowest BCUT2D eigenvalue weighted by atomic mass is 10.1. The van der Waals surface area contributed by atoms with Gasteiger partial charge in [0.1, 0.15) is 0 Å². The maximum absolute atomic E-state index is 11.5. The molecule has 1 atom stereocenters. The third-order valence-electron chi connectivity index (χ3n) is 3.15. The van der Waals surface area contributed by atoms with E-state index in [1.165, 1.54) is 6.26 Å². The maximum atomic E-state index is 11.5. The van der Waals surface area contributed by atoms with Gasteiger partial charge in [-0.2, -0.15) is 0 Å². The molecular formula is C12H26N2O2S. The van der Waals surface area contributed by atoms with E-state index in [0.717, 1.165) is 32.5 Å². The first-order valence-corrected chi connectivity index (χ1v) is 8.30. The van der Waals surface area contributed by atoms with Crippen molar-refractivity contribution in [2.45, 2.75) is 44.4 Å². The van der Waals surface area contributed by atoms with E-state index >= 15 is 0 Å². The minimum atomic E-state index is -2.87. The number of nitrogens with one attached hydrogen (secondary N) is 1. The second kappa shape index (κ2) is 5.67. The molecule has 1 rings (SSSR count). The second-order valence-corrected chi connectivity index (χ2v) is 8.40. The lowest BCUT2D eigenvalue weighted by Crippen LogP contribution is -2.46. The quantitative estimate of drug-likeness (QED) is 0.817. The molecule has 1 aliphatic rings. The zero-order chi connectivity index (χ0) is 13.1. The molecule has 1 saturated heterocycles. The van der Waals surface area contributed by atoms with Crippen molar-refractivity contribution in [2.24, 2.45) is 0 Å². The number of sulfone groups is 1. The van der Waals surface area contributed by atoms with E-state index in [-0.39, 0.29) is 10.8 Å². The minimum absolute atomic E-state index is 0.131. The Labute approximate surface area is 106 Å². The first kappa shape index (κ1) is 14.9. The van der Waals surface area contributed by atoms with Gasteiger partial charge in [0.25, 0.3) is 0 Å². The largest absolute Gasteiger partial charge is 0.311 e. The van der Waals surface area contributed by atoms with E-state index in [0.29, 0.717) is 6.54 Å². The van der Waals surface area contributed by atoms with Crippen molar-refractivity contribution in [1.82, 2.24) is 10.2 Å². The molecule has 0 spiro atoms. The number of hydrogen-bond donors (Lipinski definition) is 1. The molecule has 0 aromatic heterocycles. The Balaban J connectivity index is 2.36. The smallest absolute Gasteiger partial charge is 0.151 e. The number of likely N-dealkylation sites (tertiary alicyclic amines) is 1. The number of hydrogen-bond acceptors (Lipinski definition) is 4. The summed E-state index contributed by atoms with van der Waals surface area (Å²) in [5.74, 6) is 0. The van der Waals surface area contributed by atoms with Gasteiger partial charge in [-0.25, -0.2) is 8.42 Å². The molecule has 1 unspecified atom stereocenters. The van der Waals surface area contributed by atoms with Crippen LogP contribution in [-0.2, 0) is 9.84 Å². The van der Waals surface area contributed by atoms with Crippen LogP contribution >= 0.6 is 0 Å². The minimum Gasteiger partial charge on any atom is -0.311 e. The van der Waals surface area contributed by atoms with Gasteiger partial charge in [0.05, 0.1) is 5.25 Å². The number of rotatable bonds is 4. The van der Waals surface area contributed by atoms with Gasteiger partial charge in [-0.3, -0.25) is 0 Å². The molecule has 102 valence electrons. The van der Waals surface area contributed by atoms with Crippen LogP contribution in [-0.4, -0.2) is 56.5 Å². The Morgan fingerprint density at radius 1 is 1.35 bits per heavy atom. The molecule has 4 nitrogen and oxygen atoms in total. The van der Waals surface area contributed by atoms with Crippen molar-refractivity contribution in [1.29, 1.82) is 0 Å². The van der Waals surface area contributed by atoms with Gasteiger partial charge >= 0.3 is 0 Å². The summed E-state index contributed by atoms with van der Waals surface area (Å²) in [4.78, 5) is 2.26. The maximum Gasteiger partial charge on any atom is 0.151 e. The van der Waals surface area contributed by atoms with E-state index in [2.05, 4.69) is 31.0 Å². The van der Waals surface area contributed by atoms with Gasteiger partial charge in [-0.15, -0.1) is 0 Å². The summed E-state index contributed by atoms with van der Waals surface area (Å²) in [5, 5.41) is 3.27. The highest BCUT2D eigenvalue weighted by Crippen LogP contribution is 2.15. The highest BCUT2D eigenvalue weighted by atomic mass is 32.2. The molecule has 1 aliphatic heterocycles. The molecule has 0 aliphatic carbocycles. The summed E-state index contributed by atoms with van der Waals surface area (Å²) in [7, 11) is -2.87. The van der Waals surface area contributed by atoms with Crippen LogP contribution in [0, 0.1) is 0 Å². The van der Waals surface area contributed by atoms with Crippen LogP contribution in [0.3, 0.4) is 0 Å². The molecule has 0 amide bonds. The Kier molecular flexibility index (Phi) is 4.98. The van der Waals surface area contributed by atoms with E-state index in [9.17, 15) is 8.42 Å². The van der Waals surface area contributed by atoms with Crippen molar-refractivity contribution in [3.8, 4) is 0 Å². The Morgan fingerprint density at radius 3 is 2.53 bits per heavy atom. The van der Waals surface area contributed by atoms with Crippen LogP contribution in [0.2, 0.25) is 0 Å². The van der Waals surface area contributed by atoms with Crippen LogP contribution in [0.5, 0.6) is 0 Å². The fraction of sp³-hybridized carbons (Fsp3) is 1.00. The average molecular weight is 262 g/mol. The molecule has 0 aromatic carbocycles. The zero-order valence-electron chi connectivity index (χ0n) is 11.5. The molecule has 0 saturated carbocycles. The molecule has 1 fully saturated rings. The van der Waals surface area contributed by atoms with Crippen LogP contribution in [0.25, 0.3) is 0 Å². The molecule has 17 heavy (non-hydrogen) atoms. The van der Waals surface area contributed by atoms with Crippen molar-refractivity contribution in [3.63, 3.8) is 0 Å². The van der Waals surface area contributed by atoms with Crippen molar-refractivity contribution in [2.75, 3.05) is 32.4 Å². The molecular weight excluding hydrogens is 236 g/mol. The first-order chi connectivity index (χ1) is 7.68. The molecule has 5 heteroatoms. The van der Waals surface area contributed by atoms with Gasteiger partial charge in [0.2, 0.25) is 0 Å². The molecule has 1 heterocycles. The van der Waals surface area contributed by atoms with Crippen molar-refractivity contribution >= 4 is 9.84 Å². The third-order valence-corrected chi connectivity index (χ3v) is 4.75.